The third kappa shape index (κ3) is 5.81. The summed E-state index contributed by atoms with van der Waals surface area (Å²) < 4.78 is 59.2. The molecule has 3 aliphatic rings. The highest BCUT2D eigenvalue weighted by Gasteiger charge is 2.37. The lowest BCUT2D eigenvalue weighted by Gasteiger charge is -2.39. The molecule has 44 heavy (non-hydrogen) atoms. The smallest absolute Gasteiger partial charge is 0.410 e. The number of nitrogens with zero attached hydrogens (tertiary/aromatic N) is 6. The maximum atomic E-state index is 14.6. The Kier molecular flexibility index (Phi) is 7.94. The normalized spacial score (nSPS) is 19.6. The van der Waals surface area contributed by atoms with Crippen LogP contribution in [0.2, 0.25) is 0 Å². The summed E-state index contributed by atoms with van der Waals surface area (Å²) in [6.07, 6.45) is 1.86. The molecular formula is C31H42F2N6O4S. The molecule has 0 saturated carbocycles. The summed E-state index contributed by atoms with van der Waals surface area (Å²) in [5.74, 6) is 1.32. The van der Waals surface area contributed by atoms with E-state index in [0.29, 0.717) is 73.0 Å². The zero-order valence-corrected chi connectivity index (χ0v) is 26.8. The van der Waals surface area contributed by atoms with Gasteiger partial charge in [-0.15, -0.1) is 0 Å². The zero-order chi connectivity index (χ0) is 31.6. The number of amides is 1. The molecular weight excluding hydrogens is 590 g/mol. The van der Waals surface area contributed by atoms with Crippen molar-refractivity contribution in [3.05, 3.63) is 46.4 Å². The van der Waals surface area contributed by atoms with Crippen LogP contribution in [0.5, 0.6) is 0 Å². The molecule has 1 amide bonds. The average molecular weight is 633 g/mol. The molecule has 0 unspecified atom stereocenters. The Morgan fingerprint density at radius 3 is 2.48 bits per heavy atom. The Hall–Kier alpha value is -3.16. The molecule has 0 aliphatic carbocycles. The fraction of sp³-hybridized carbons (Fsp3) is 0.581. The largest absolute Gasteiger partial charge is 0.444 e. The number of alkyl halides is 2. The standard InChI is InChI=1S/C31H42F2N6O4S/c1-19-24(17-34-36(19)5)22-15-20-7-6-11-38(27(20)16-23(22)28(32)33)29-25-18-37(30(40)43-31(2,3)4)12-8-26(25)39(35-29)21-9-13-44(41,42)14-10-21/h15-17,21,28,41-42H,6-14,18H2,1-5H3. The van der Waals surface area contributed by atoms with Crippen molar-refractivity contribution < 1.29 is 27.4 Å². The van der Waals surface area contributed by atoms with E-state index < -0.39 is 28.7 Å². The van der Waals surface area contributed by atoms with Crippen LogP contribution in [0.1, 0.15) is 80.6 Å². The van der Waals surface area contributed by atoms with Crippen molar-refractivity contribution in [2.45, 2.75) is 84.4 Å². The van der Waals surface area contributed by atoms with Gasteiger partial charge in [-0.3, -0.25) is 18.5 Å². The topological polar surface area (TPSA) is 109 Å². The number of carbonyl (C=O) groups is 1. The number of anilines is 2. The number of benzene rings is 1. The molecule has 3 aromatic rings. The Morgan fingerprint density at radius 1 is 1.11 bits per heavy atom. The van der Waals surface area contributed by atoms with E-state index in [1.807, 2.05) is 43.3 Å². The van der Waals surface area contributed by atoms with Crippen LogP contribution in [-0.2, 0) is 31.2 Å². The minimum absolute atomic E-state index is 0.0117. The monoisotopic (exact) mass is 632 g/mol. The number of halogens is 2. The first-order valence-electron chi connectivity index (χ1n) is 15.3. The fourth-order valence-corrected chi connectivity index (χ4v) is 8.12. The number of aryl methyl sites for hydroxylation is 2. The van der Waals surface area contributed by atoms with Gasteiger partial charge in [0.15, 0.2) is 5.82 Å². The first-order valence-corrected chi connectivity index (χ1v) is 17.1. The first kappa shape index (κ1) is 30.8. The maximum absolute atomic E-state index is 14.6. The van der Waals surface area contributed by atoms with E-state index in [-0.39, 0.29) is 11.6 Å². The summed E-state index contributed by atoms with van der Waals surface area (Å²) in [4.78, 5) is 16.9. The minimum atomic E-state index is -2.69. The molecule has 240 valence electrons. The van der Waals surface area contributed by atoms with Crippen LogP contribution in [0.3, 0.4) is 0 Å². The van der Waals surface area contributed by atoms with Crippen LogP contribution in [0.4, 0.5) is 25.1 Å². The van der Waals surface area contributed by atoms with Crippen molar-refractivity contribution in [2.24, 2.45) is 7.05 Å². The van der Waals surface area contributed by atoms with E-state index in [2.05, 4.69) is 5.10 Å². The van der Waals surface area contributed by atoms with Crippen LogP contribution < -0.4 is 4.90 Å². The van der Waals surface area contributed by atoms with Gasteiger partial charge >= 0.3 is 6.09 Å². The second-order valence-electron chi connectivity index (χ2n) is 13.2. The molecule has 3 aliphatic heterocycles. The van der Waals surface area contributed by atoms with Gasteiger partial charge in [0.1, 0.15) is 5.60 Å². The molecule has 10 nitrogen and oxygen atoms in total. The molecule has 1 aromatic carbocycles. The van der Waals surface area contributed by atoms with Gasteiger partial charge in [0.25, 0.3) is 6.43 Å². The molecule has 1 saturated heterocycles. The number of aromatic nitrogens is 4. The molecule has 0 spiro atoms. The number of hydrogen-bond acceptors (Lipinski definition) is 7. The van der Waals surface area contributed by atoms with Crippen molar-refractivity contribution in [1.29, 1.82) is 0 Å². The molecule has 6 rings (SSSR count). The highest BCUT2D eigenvalue weighted by atomic mass is 32.3. The number of rotatable bonds is 4. The summed E-state index contributed by atoms with van der Waals surface area (Å²) in [7, 11) is -0.774. The predicted molar refractivity (Wildman–Crippen MR) is 167 cm³/mol. The van der Waals surface area contributed by atoms with Crippen molar-refractivity contribution in [2.75, 3.05) is 29.5 Å². The van der Waals surface area contributed by atoms with Crippen molar-refractivity contribution in [3.8, 4) is 11.1 Å². The zero-order valence-electron chi connectivity index (χ0n) is 26.0. The van der Waals surface area contributed by atoms with Crippen molar-refractivity contribution >= 4 is 28.2 Å². The highest BCUT2D eigenvalue weighted by Crippen LogP contribution is 2.49. The maximum Gasteiger partial charge on any atom is 0.410 e. The molecule has 5 heterocycles. The van der Waals surface area contributed by atoms with E-state index in [4.69, 9.17) is 9.84 Å². The highest BCUT2D eigenvalue weighted by molar-refractivity contribution is 8.24. The summed E-state index contributed by atoms with van der Waals surface area (Å²) >= 11 is 0. The third-order valence-electron chi connectivity index (χ3n) is 9.00. The molecule has 13 heteroatoms. The van der Waals surface area contributed by atoms with Crippen LogP contribution in [0.25, 0.3) is 11.1 Å². The fourth-order valence-electron chi connectivity index (χ4n) is 6.62. The summed E-state index contributed by atoms with van der Waals surface area (Å²) in [5.41, 5.74) is 4.89. The summed E-state index contributed by atoms with van der Waals surface area (Å²) in [6.45, 7) is 8.75. The van der Waals surface area contributed by atoms with E-state index in [1.54, 1.807) is 28.9 Å². The van der Waals surface area contributed by atoms with Crippen LogP contribution >= 0.6 is 10.6 Å². The Balaban J connectivity index is 1.44. The summed E-state index contributed by atoms with van der Waals surface area (Å²) in [5, 5.41) is 9.43. The number of hydrogen-bond donors (Lipinski definition) is 2. The van der Waals surface area contributed by atoms with Gasteiger partial charge < -0.3 is 14.5 Å². The second-order valence-corrected chi connectivity index (χ2v) is 15.6. The molecule has 1 fully saturated rings. The Bertz CT molecular complexity index is 1570. The second kappa shape index (κ2) is 11.3. The average Bonchev–Trinajstić information content (AvgIpc) is 3.50. The molecule has 0 bridgehead atoms. The minimum Gasteiger partial charge on any atom is -0.444 e. The van der Waals surface area contributed by atoms with E-state index >= 15 is 0 Å². The predicted octanol–water partition coefficient (Wildman–Crippen LogP) is 6.99. The van der Waals surface area contributed by atoms with Gasteiger partial charge in [-0.2, -0.15) is 20.8 Å². The quantitative estimate of drug-likeness (QED) is 0.319. The van der Waals surface area contributed by atoms with Crippen LogP contribution in [0, 0.1) is 6.92 Å². The van der Waals surface area contributed by atoms with Gasteiger partial charge in [-0.05, 0) is 76.6 Å². The van der Waals surface area contributed by atoms with Crippen LogP contribution in [-0.4, -0.2) is 69.9 Å². The SMILES string of the molecule is Cc1c(-c2cc3c(cc2C(F)F)N(c2nn(C4CCS(O)(O)CC4)c4c2CN(C(=O)OC(C)(C)C)CC4)CCC3)cnn1C. The molecule has 2 aromatic heterocycles. The molecule has 0 radical (unpaired) electrons. The number of ether oxygens (including phenoxy) is 1. The lowest BCUT2D eigenvalue weighted by atomic mass is 9.92. The lowest BCUT2D eigenvalue weighted by molar-refractivity contribution is 0.0222. The molecule has 2 N–H and O–H groups in total. The van der Waals surface area contributed by atoms with Crippen molar-refractivity contribution in [1.82, 2.24) is 24.5 Å². The lowest BCUT2D eigenvalue weighted by Crippen LogP contribution is -2.40. The van der Waals surface area contributed by atoms with E-state index in [9.17, 15) is 22.7 Å². The first-order chi connectivity index (χ1) is 20.7. The number of carbonyl (C=O) groups excluding carboxylic acids is 1. The molecule has 0 atom stereocenters. The van der Waals surface area contributed by atoms with Gasteiger partial charge in [0.2, 0.25) is 0 Å². The Morgan fingerprint density at radius 2 is 1.84 bits per heavy atom. The number of fused-ring (bicyclic) bond motifs is 2. The van der Waals surface area contributed by atoms with Gasteiger partial charge in [0.05, 0.1) is 18.8 Å². The van der Waals surface area contributed by atoms with E-state index in [0.717, 1.165) is 35.4 Å². The Labute approximate surface area is 258 Å². The van der Waals surface area contributed by atoms with Gasteiger partial charge in [0, 0.05) is 71.8 Å². The van der Waals surface area contributed by atoms with Crippen molar-refractivity contribution in [3.63, 3.8) is 0 Å². The van der Waals surface area contributed by atoms with Crippen LogP contribution in [0.15, 0.2) is 18.3 Å². The van der Waals surface area contributed by atoms with Gasteiger partial charge in [-0.1, -0.05) is 0 Å². The van der Waals surface area contributed by atoms with E-state index in [1.165, 1.54) is 0 Å². The third-order valence-corrected chi connectivity index (χ3v) is 10.8. The van der Waals surface area contributed by atoms with Gasteiger partial charge in [-0.25, -0.2) is 13.6 Å². The summed E-state index contributed by atoms with van der Waals surface area (Å²) in [6, 6.07) is 3.48.